The van der Waals surface area contributed by atoms with Crippen molar-refractivity contribution in [2.24, 2.45) is 0 Å². The smallest absolute Gasteiger partial charge is 0.274 e. The van der Waals surface area contributed by atoms with Crippen LogP contribution in [-0.4, -0.2) is 65.0 Å². The quantitative estimate of drug-likeness (QED) is 0.751. The largest absolute Gasteiger partial charge is 0.503 e. The summed E-state index contributed by atoms with van der Waals surface area (Å²) in [5, 5.41) is 13.0. The van der Waals surface area contributed by atoms with Gasteiger partial charge in [-0.05, 0) is 19.5 Å². The zero-order valence-electron chi connectivity index (χ0n) is 17.1. The lowest BCUT2D eigenvalue weighted by atomic mass is 9.92. The van der Waals surface area contributed by atoms with Gasteiger partial charge in [0.15, 0.2) is 11.4 Å². The summed E-state index contributed by atoms with van der Waals surface area (Å²) in [4.78, 5) is 41.6. The first-order valence-corrected chi connectivity index (χ1v) is 9.78. The van der Waals surface area contributed by atoms with Crippen molar-refractivity contribution >= 4 is 11.8 Å². The molecule has 1 fully saturated rings. The summed E-state index contributed by atoms with van der Waals surface area (Å²) in [5.74, 6) is -3.69. The number of benzene rings is 1. The van der Waals surface area contributed by atoms with Crippen LogP contribution < -0.4 is 10.7 Å². The average Bonchev–Trinajstić information content (AvgIpc) is 3.08. The maximum Gasteiger partial charge on any atom is 0.274 e. The fourth-order valence-corrected chi connectivity index (χ4v) is 4.43. The molecule has 3 heterocycles. The van der Waals surface area contributed by atoms with Crippen molar-refractivity contribution in [3.63, 3.8) is 0 Å². The van der Waals surface area contributed by atoms with Crippen LogP contribution in [0.5, 0.6) is 5.75 Å². The van der Waals surface area contributed by atoms with E-state index in [1.54, 1.807) is 11.6 Å². The Hall–Kier alpha value is -3.27. The molecule has 8 nitrogen and oxygen atoms in total. The van der Waals surface area contributed by atoms with Gasteiger partial charge < -0.3 is 24.8 Å². The molecular formula is C21H22F2N4O4. The third-order valence-electron chi connectivity index (χ3n) is 6.00. The number of fused-ring (bicyclic) bond motifs is 2. The molecule has 0 bridgehead atoms. The first kappa shape index (κ1) is 21.0. The van der Waals surface area contributed by atoms with Crippen molar-refractivity contribution in [2.45, 2.75) is 18.5 Å². The molecule has 0 radical (unpaired) electrons. The average molecular weight is 432 g/mol. The van der Waals surface area contributed by atoms with E-state index >= 15 is 0 Å². The molecule has 31 heavy (non-hydrogen) atoms. The standard InChI is InChI=1S/C21H22F2N4O4/c1-25-6-5-21(10-25)11-26(2)20(31)16-18(29)17(28)14(9-27(16)21)19(30)24-8-12-3-4-13(22)7-15(12)23/h3-4,7,9,29H,5-6,8,10-11H2,1-2H3,(H,24,30). The molecule has 1 saturated heterocycles. The predicted octanol–water partition coefficient (Wildman–Crippen LogP) is 0.878. The van der Waals surface area contributed by atoms with Gasteiger partial charge in [-0.25, -0.2) is 8.78 Å². The predicted molar refractivity (Wildman–Crippen MR) is 107 cm³/mol. The maximum absolute atomic E-state index is 13.8. The number of likely N-dealkylation sites (N-methyl/N-ethyl adjacent to an activating group) is 2. The number of rotatable bonds is 3. The Morgan fingerprint density at radius 1 is 1.23 bits per heavy atom. The van der Waals surface area contributed by atoms with Crippen LogP contribution in [0.1, 0.15) is 32.8 Å². The summed E-state index contributed by atoms with van der Waals surface area (Å²) in [5.41, 5.74) is -2.02. The Kier molecular flexibility index (Phi) is 5.04. The van der Waals surface area contributed by atoms with E-state index in [1.165, 1.54) is 17.2 Å². The second-order valence-electron chi connectivity index (χ2n) is 8.23. The highest BCUT2D eigenvalue weighted by Crippen LogP contribution is 2.36. The van der Waals surface area contributed by atoms with Crippen LogP contribution in [0.2, 0.25) is 0 Å². The molecule has 1 unspecified atom stereocenters. The minimum Gasteiger partial charge on any atom is -0.503 e. The first-order chi connectivity index (χ1) is 14.6. The Balaban J connectivity index is 1.72. The zero-order chi connectivity index (χ0) is 22.5. The van der Waals surface area contributed by atoms with Crippen LogP contribution in [0, 0.1) is 11.6 Å². The van der Waals surface area contributed by atoms with Crippen LogP contribution in [0.15, 0.2) is 29.2 Å². The summed E-state index contributed by atoms with van der Waals surface area (Å²) in [6, 6.07) is 2.95. The highest BCUT2D eigenvalue weighted by atomic mass is 19.1. The summed E-state index contributed by atoms with van der Waals surface area (Å²) in [6.07, 6.45) is 1.97. The fourth-order valence-electron chi connectivity index (χ4n) is 4.43. The molecule has 1 spiro atoms. The lowest BCUT2D eigenvalue weighted by Crippen LogP contribution is -2.54. The van der Waals surface area contributed by atoms with E-state index in [0.717, 1.165) is 12.6 Å². The molecule has 1 atom stereocenters. The van der Waals surface area contributed by atoms with Crippen LogP contribution in [0.25, 0.3) is 0 Å². The Morgan fingerprint density at radius 3 is 2.61 bits per heavy atom. The SMILES string of the molecule is CN1CCC2(C1)CN(C)C(=O)c1c(O)c(=O)c(C(=O)NCc3ccc(F)cc3F)cn12. The first-order valence-electron chi connectivity index (χ1n) is 9.78. The monoisotopic (exact) mass is 432 g/mol. The van der Waals surface area contributed by atoms with Crippen molar-refractivity contribution < 1.29 is 23.5 Å². The molecule has 2 aliphatic heterocycles. The van der Waals surface area contributed by atoms with Gasteiger partial charge in [0.25, 0.3) is 11.8 Å². The molecule has 1 aromatic carbocycles. The van der Waals surface area contributed by atoms with Gasteiger partial charge in [-0.2, -0.15) is 0 Å². The third-order valence-corrected chi connectivity index (χ3v) is 6.00. The second-order valence-corrected chi connectivity index (χ2v) is 8.23. The van der Waals surface area contributed by atoms with E-state index in [1.807, 2.05) is 7.05 Å². The molecular weight excluding hydrogens is 410 g/mol. The summed E-state index contributed by atoms with van der Waals surface area (Å²) in [7, 11) is 3.53. The van der Waals surface area contributed by atoms with Gasteiger partial charge in [-0.3, -0.25) is 14.4 Å². The Morgan fingerprint density at radius 2 is 1.97 bits per heavy atom. The van der Waals surface area contributed by atoms with Crippen molar-refractivity contribution in [3.8, 4) is 5.75 Å². The van der Waals surface area contributed by atoms with Crippen LogP contribution >= 0.6 is 0 Å². The Bertz CT molecular complexity index is 1150. The van der Waals surface area contributed by atoms with Crippen LogP contribution in [-0.2, 0) is 12.1 Å². The number of aromatic nitrogens is 1. The van der Waals surface area contributed by atoms with E-state index in [4.69, 9.17) is 0 Å². The molecule has 0 saturated carbocycles. The van der Waals surface area contributed by atoms with Gasteiger partial charge in [-0.1, -0.05) is 6.07 Å². The number of carbonyl (C=O) groups excluding carboxylic acids is 2. The number of nitrogens with one attached hydrogen (secondary N) is 1. The topological polar surface area (TPSA) is 94.9 Å². The third kappa shape index (κ3) is 3.46. The van der Waals surface area contributed by atoms with Crippen molar-refractivity contribution in [2.75, 3.05) is 33.7 Å². The van der Waals surface area contributed by atoms with Gasteiger partial charge in [-0.15, -0.1) is 0 Å². The van der Waals surface area contributed by atoms with E-state index in [-0.39, 0.29) is 23.4 Å². The lowest BCUT2D eigenvalue weighted by molar-refractivity contribution is 0.0609. The molecule has 4 rings (SSSR count). The summed E-state index contributed by atoms with van der Waals surface area (Å²) >= 11 is 0. The van der Waals surface area contributed by atoms with Gasteiger partial charge in [0.2, 0.25) is 5.43 Å². The molecule has 164 valence electrons. The van der Waals surface area contributed by atoms with Gasteiger partial charge in [0.1, 0.15) is 17.2 Å². The van der Waals surface area contributed by atoms with E-state index < -0.39 is 40.2 Å². The summed E-state index contributed by atoms with van der Waals surface area (Å²) in [6.45, 7) is 1.41. The van der Waals surface area contributed by atoms with Gasteiger partial charge >= 0.3 is 0 Å². The van der Waals surface area contributed by atoms with E-state index in [2.05, 4.69) is 10.2 Å². The maximum atomic E-state index is 13.8. The number of amides is 2. The highest BCUT2D eigenvalue weighted by molar-refractivity contribution is 5.99. The van der Waals surface area contributed by atoms with Crippen LogP contribution in [0.3, 0.4) is 0 Å². The molecule has 0 aliphatic carbocycles. The zero-order valence-corrected chi connectivity index (χ0v) is 17.1. The number of nitrogens with zero attached hydrogens (tertiary/aromatic N) is 3. The van der Waals surface area contributed by atoms with Crippen molar-refractivity contribution in [3.05, 3.63) is 63.1 Å². The van der Waals surface area contributed by atoms with E-state index in [0.29, 0.717) is 25.6 Å². The number of likely N-dealkylation sites (tertiary alicyclic amines) is 1. The van der Waals surface area contributed by atoms with E-state index in [9.17, 15) is 28.3 Å². The number of hydrogen-bond acceptors (Lipinski definition) is 5. The molecule has 2 aliphatic rings. The number of halogens is 2. The number of pyridine rings is 1. The Labute approximate surface area is 176 Å². The normalized spacial score (nSPS) is 20.9. The highest BCUT2D eigenvalue weighted by Gasteiger charge is 2.47. The number of carbonyl (C=O) groups is 2. The minimum atomic E-state index is -0.978. The summed E-state index contributed by atoms with van der Waals surface area (Å²) < 4.78 is 28.5. The van der Waals surface area contributed by atoms with Gasteiger partial charge in [0.05, 0.1) is 5.54 Å². The molecule has 2 amide bonds. The minimum absolute atomic E-state index is 0.0442. The van der Waals surface area contributed by atoms with Crippen LogP contribution in [0.4, 0.5) is 8.78 Å². The molecule has 1 aromatic heterocycles. The van der Waals surface area contributed by atoms with Crippen molar-refractivity contribution in [1.82, 2.24) is 19.7 Å². The number of hydrogen-bond donors (Lipinski definition) is 2. The fraction of sp³-hybridized carbons (Fsp3) is 0.381. The lowest BCUT2D eigenvalue weighted by Gasteiger charge is -2.42. The second kappa shape index (κ2) is 7.45. The molecule has 2 aromatic rings. The molecule has 2 N–H and O–H groups in total. The van der Waals surface area contributed by atoms with Gasteiger partial charge in [0, 0.05) is 51.1 Å². The van der Waals surface area contributed by atoms with Crippen molar-refractivity contribution in [1.29, 1.82) is 0 Å². The molecule has 10 heteroatoms. The number of aromatic hydroxyl groups is 1.